The van der Waals surface area contributed by atoms with Crippen molar-refractivity contribution in [3.8, 4) is 0 Å². The summed E-state index contributed by atoms with van der Waals surface area (Å²) in [4.78, 5) is 49.9. The zero-order valence-electron chi connectivity index (χ0n) is 56.0. The first-order chi connectivity index (χ1) is 42.7. The Morgan fingerprint density at radius 2 is 0.416 bits per heavy atom. The molecule has 508 valence electrons. The summed E-state index contributed by atoms with van der Waals surface area (Å²) in [7, 11) is -8.55. The average Bonchev–Trinajstić information content (AvgIpc) is 3.72. The smallest absolute Gasteiger partial charge is 0.748 e. The van der Waals surface area contributed by atoms with E-state index in [4.69, 9.17) is 18.9 Å². The Kier molecular flexibility index (Phi) is 59.8. The van der Waals surface area contributed by atoms with Gasteiger partial charge < -0.3 is 28.1 Å². The molecule has 0 radical (unpaired) electrons. The van der Waals surface area contributed by atoms with Crippen LogP contribution in [0.1, 0.15) is 363 Å². The van der Waals surface area contributed by atoms with E-state index in [2.05, 4.69) is 13.8 Å². The molecule has 0 aliphatic heterocycles. The van der Waals surface area contributed by atoms with E-state index in [0.717, 1.165) is 38.5 Å². The predicted octanol–water partition coefficient (Wildman–Crippen LogP) is 19.5. The molecule has 17 heteroatoms. The van der Waals surface area contributed by atoms with Gasteiger partial charge in [-0.05, 0) is 62.8 Å². The molecule has 0 bridgehead atoms. The summed E-state index contributed by atoms with van der Waals surface area (Å²) in [5.41, 5.74) is 0.530. The third-order valence-electron chi connectivity index (χ3n) is 16.2. The van der Waals surface area contributed by atoms with Crippen molar-refractivity contribution in [3.05, 3.63) is 70.8 Å². The Labute approximate surface area is 572 Å². The van der Waals surface area contributed by atoms with Crippen molar-refractivity contribution < 1.29 is 64.1 Å². The molecule has 0 unspecified atom stereocenters. The number of hydrogen-bond acceptors (Lipinski definition) is 14. The first-order valence-corrected chi connectivity index (χ1v) is 38.6. The van der Waals surface area contributed by atoms with Gasteiger partial charge in [0.1, 0.15) is 0 Å². The largest absolute Gasteiger partial charge is 2.00 e. The van der Waals surface area contributed by atoms with E-state index in [9.17, 15) is 45.1 Å². The SMILES string of the molecule is CCCCCCCCCCCCCCCCCCCCCCCCOC(=O)c1ccccc1C(=O)OCCCCS(=O)(=O)[O-].CCCCCCCCCCCCCCCCCCCCCCCCOC(=O)c1ccccc1C(=O)OCCCCS(=O)(=O)[O-].[Ca+2]. The van der Waals surface area contributed by atoms with Gasteiger partial charge in [-0.2, -0.15) is 0 Å². The normalized spacial score (nSPS) is 11.4. The molecule has 89 heavy (non-hydrogen) atoms. The second kappa shape index (κ2) is 61.6. The average molecular weight is 1320 g/mol. The molecule has 0 spiro atoms. The quantitative estimate of drug-likeness (QED) is 0.0198. The monoisotopic (exact) mass is 1310 g/mol. The Morgan fingerprint density at radius 1 is 0.270 bits per heavy atom. The van der Waals surface area contributed by atoms with Crippen molar-refractivity contribution in [1.82, 2.24) is 0 Å². The Balaban J connectivity index is 0.00000172. The third-order valence-corrected chi connectivity index (χ3v) is 17.8. The van der Waals surface area contributed by atoms with Crippen molar-refractivity contribution in [2.45, 2.75) is 322 Å². The van der Waals surface area contributed by atoms with Crippen LogP contribution in [0.3, 0.4) is 0 Å². The molecule has 0 amide bonds. The first-order valence-electron chi connectivity index (χ1n) is 35.4. The summed E-state index contributed by atoms with van der Waals surface area (Å²) in [6, 6.07) is 12.6. The minimum atomic E-state index is -4.28. The van der Waals surface area contributed by atoms with Gasteiger partial charge in [0.05, 0.1) is 68.9 Å². The molecular weight excluding hydrogens is 1190 g/mol. The number of hydrogen-bond donors (Lipinski definition) is 0. The van der Waals surface area contributed by atoms with E-state index in [1.165, 1.54) is 268 Å². The molecule has 2 aromatic carbocycles. The van der Waals surface area contributed by atoms with Gasteiger partial charge in [-0.3, -0.25) is 0 Å². The summed E-state index contributed by atoms with van der Waals surface area (Å²) in [6.45, 7) is 5.12. The third kappa shape index (κ3) is 55.6. The van der Waals surface area contributed by atoms with Gasteiger partial charge in [0.25, 0.3) is 0 Å². The molecule has 0 atom stereocenters. The van der Waals surface area contributed by atoms with Crippen LogP contribution < -0.4 is 0 Å². The molecule has 0 heterocycles. The maximum Gasteiger partial charge on any atom is 2.00 e. The first kappa shape index (κ1) is 86.4. The fourth-order valence-electron chi connectivity index (χ4n) is 10.8. The van der Waals surface area contributed by atoms with Crippen molar-refractivity contribution >= 4 is 81.9 Å². The molecule has 0 saturated carbocycles. The number of carbonyl (C=O) groups is 4. The number of rotatable bonds is 60. The van der Waals surface area contributed by atoms with Crippen LogP contribution in [0.15, 0.2) is 48.5 Å². The Hall–Kier alpha value is -2.60. The van der Waals surface area contributed by atoms with Crippen LogP contribution in [0.2, 0.25) is 0 Å². The summed E-state index contributed by atoms with van der Waals surface area (Å²) in [6.07, 6.45) is 59.0. The van der Waals surface area contributed by atoms with Crippen LogP contribution in [0, 0.1) is 0 Å². The molecule has 0 N–H and O–H groups in total. The van der Waals surface area contributed by atoms with Crippen LogP contribution in [0.5, 0.6) is 0 Å². The summed E-state index contributed by atoms with van der Waals surface area (Å²) < 4.78 is 85.0. The van der Waals surface area contributed by atoms with Crippen LogP contribution >= 0.6 is 0 Å². The van der Waals surface area contributed by atoms with Gasteiger partial charge in [0.2, 0.25) is 0 Å². The molecule has 0 aromatic heterocycles. The molecule has 0 aliphatic rings. The van der Waals surface area contributed by atoms with E-state index in [-0.39, 0.29) is 98.9 Å². The summed E-state index contributed by atoms with van der Waals surface area (Å²) in [5.74, 6) is -3.45. The minimum absolute atomic E-state index is 0. The predicted molar refractivity (Wildman–Crippen MR) is 362 cm³/mol. The van der Waals surface area contributed by atoms with Crippen molar-refractivity contribution in [2.24, 2.45) is 0 Å². The zero-order chi connectivity index (χ0) is 64.3. The fourth-order valence-corrected chi connectivity index (χ4v) is 11.9. The molecular formula is C72H122CaO14S2. The Morgan fingerprint density at radius 3 is 0.573 bits per heavy atom. The second-order valence-electron chi connectivity index (χ2n) is 24.4. The molecule has 0 aliphatic carbocycles. The van der Waals surface area contributed by atoms with Gasteiger partial charge in [-0.15, -0.1) is 0 Å². The van der Waals surface area contributed by atoms with Crippen LogP contribution in [0.4, 0.5) is 0 Å². The standard InChI is InChI=1S/2C36H62O7S.Ca/c2*1-2-3-4-5-6-7-8-9-10-11-12-13-14-15-16-17-18-19-20-21-22-25-30-42-35(37)33-28-23-24-29-34(33)36(38)43-31-26-27-32-44(39,40)41;/h2*23-24,28-29H,2-22,25-27,30-32H2,1H3,(H,39,40,41);/q;;+2/p-2. The second-order valence-corrected chi connectivity index (χ2v) is 27.5. The molecule has 0 saturated heterocycles. The van der Waals surface area contributed by atoms with E-state index in [1.54, 1.807) is 24.3 Å². The van der Waals surface area contributed by atoms with Gasteiger partial charge in [-0.25, -0.2) is 36.0 Å². The maximum absolute atomic E-state index is 12.5. The Bertz CT molecular complexity index is 2090. The van der Waals surface area contributed by atoms with Gasteiger partial charge in [0.15, 0.2) is 0 Å². The summed E-state index contributed by atoms with van der Waals surface area (Å²) in [5, 5.41) is 0. The van der Waals surface area contributed by atoms with Gasteiger partial charge in [-0.1, -0.05) is 308 Å². The van der Waals surface area contributed by atoms with E-state index >= 15 is 0 Å². The number of unbranched alkanes of at least 4 members (excludes halogenated alkanes) is 44. The zero-order valence-corrected chi connectivity index (χ0v) is 59.9. The van der Waals surface area contributed by atoms with E-state index in [0.29, 0.717) is 13.2 Å². The van der Waals surface area contributed by atoms with E-state index < -0.39 is 55.6 Å². The topological polar surface area (TPSA) is 220 Å². The van der Waals surface area contributed by atoms with Gasteiger partial charge in [0, 0.05) is 11.5 Å². The summed E-state index contributed by atoms with van der Waals surface area (Å²) >= 11 is 0. The fraction of sp³-hybridized carbons (Fsp3) is 0.778. The number of carbonyl (C=O) groups excluding carboxylic acids is 4. The molecule has 2 aromatic rings. The number of benzene rings is 2. The van der Waals surface area contributed by atoms with Crippen LogP contribution in [-0.4, -0.2) is 125 Å². The molecule has 0 fully saturated rings. The van der Waals surface area contributed by atoms with Crippen molar-refractivity contribution in [1.29, 1.82) is 0 Å². The van der Waals surface area contributed by atoms with Crippen LogP contribution in [-0.2, 0) is 39.2 Å². The number of esters is 4. The maximum atomic E-state index is 12.5. The number of ether oxygens (including phenoxy) is 4. The minimum Gasteiger partial charge on any atom is -0.748 e. The van der Waals surface area contributed by atoms with Crippen molar-refractivity contribution in [3.63, 3.8) is 0 Å². The van der Waals surface area contributed by atoms with Crippen molar-refractivity contribution in [2.75, 3.05) is 37.9 Å². The van der Waals surface area contributed by atoms with Crippen LogP contribution in [0.25, 0.3) is 0 Å². The molecule has 2 rings (SSSR count). The van der Waals surface area contributed by atoms with Gasteiger partial charge >= 0.3 is 61.6 Å². The molecule has 14 nitrogen and oxygen atoms in total. The van der Waals surface area contributed by atoms with E-state index in [1.807, 2.05) is 0 Å².